The lowest BCUT2D eigenvalue weighted by Gasteiger charge is -2.08. The third-order valence-corrected chi connectivity index (χ3v) is 3.22. The van der Waals surface area contributed by atoms with Gasteiger partial charge in [-0.05, 0) is 17.7 Å². The molecule has 0 unspecified atom stereocenters. The molecule has 94 valence electrons. The number of benzene rings is 1. The van der Waals surface area contributed by atoms with Crippen molar-refractivity contribution in [2.45, 2.75) is 13.2 Å². The zero-order chi connectivity index (χ0) is 13.6. The van der Waals surface area contributed by atoms with Crippen LogP contribution in [-0.2, 0) is 18.0 Å². The number of hydrogen-bond acceptors (Lipinski definition) is 5. The van der Waals surface area contributed by atoms with Crippen LogP contribution >= 0.6 is 0 Å². The largest absolute Gasteiger partial charge is 0.478 e. The second-order valence-corrected chi connectivity index (χ2v) is 4.28. The molecule has 6 nitrogen and oxygen atoms in total. The van der Waals surface area contributed by atoms with E-state index in [0.29, 0.717) is 29.9 Å². The Morgan fingerprint density at radius 1 is 1.42 bits per heavy atom. The summed E-state index contributed by atoms with van der Waals surface area (Å²) in [5.74, 6) is -0.769. The zero-order valence-electron chi connectivity index (χ0n) is 9.80. The number of nitrogens with two attached hydrogens (primary N) is 1. The number of ether oxygens (including phenoxy) is 1. The van der Waals surface area contributed by atoms with Crippen molar-refractivity contribution in [2.75, 3.05) is 5.73 Å². The second kappa shape index (κ2) is 3.93. The minimum absolute atomic E-state index is 0.0318. The summed E-state index contributed by atoms with van der Waals surface area (Å²) >= 11 is 0. The molecule has 1 aromatic carbocycles. The molecule has 0 bridgehead atoms. The van der Waals surface area contributed by atoms with Crippen LogP contribution in [0.5, 0.6) is 0 Å². The number of pyridine rings is 1. The van der Waals surface area contributed by atoms with Gasteiger partial charge in [0.25, 0.3) is 0 Å². The van der Waals surface area contributed by atoms with Crippen LogP contribution in [0.4, 0.5) is 5.82 Å². The first kappa shape index (κ1) is 11.4. The number of carboxylic acids is 1. The number of carbonyl (C=O) groups is 1. The quantitative estimate of drug-likeness (QED) is 0.797. The van der Waals surface area contributed by atoms with Crippen molar-refractivity contribution in [2.24, 2.45) is 0 Å². The second-order valence-electron chi connectivity index (χ2n) is 4.28. The van der Waals surface area contributed by atoms with Crippen LogP contribution in [0, 0.1) is 11.3 Å². The van der Waals surface area contributed by atoms with Crippen molar-refractivity contribution in [1.82, 2.24) is 4.98 Å². The van der Waals surface area contributed by atoms with E-state index < -0.39 is 5.97 Å². The number of nitrogen functional groups attached to an aromatic ring is 1. The number of rotatable bonds is 1. The lowest BCUT2D eigenvalue weighted by Crippen LogP contribution is -2.04. The first-order valence-corrected chi connectivity index (χ1v) is 5.58. The molecule has 6 heteroatoms. The van der Waals surface area contributed by atoms with E-state index in [9.17, 15) is 4.79 Å². The van der Waals surface area contributed by atoms with Gasteiger partial charge in [0, 0.05) is 10.9 Å². The van der Waals surface area contributed by atoms with Gasteiger partial charge in [-0.15, -0.1) is 0 Å². The van der Waals surface area contributed by atoms with Crippen LogP contribution in [-0.4, -0.2) is 16.1 Å². The average Bonchev–Trinajstić information content (AvgIpc) is 2.87. The number of carboxylic acid groups (broad SMARTS) is 1. The Hall–Kier alpha value is -2.65. The van der Waals surface area contributed by atoms with Crippen molar-refractivity contribution in [3.63, 3.8) is 0 Å². The molecule has 1 aliphatic heterocycles. The van der Waals surface area contributed by atoms with E-state index in [4.69, 9.17) is 20.8 Å². The first-order chi connectivity index (χ1) is 9.11. The van der Waals surface area contributed by atoms with Crippen molar-refractivity contribution in [1.29, 1.82) is 5.26 Å². The maximum atomic E-state index is 11.2. The highest BCUT2D eigenvalue weighted by Crippen LogP contribution is 2.32. The summed E-state index contributed by atoms with van der Waals surface area (Å²) in [7, 11) is 0. The summed E-state index contributed by atoms with van der Waals surface area (Å²) in [6.07, 6.45) is 0. The number of hydrogen-bond donors (Lipinski definition) is 2. The van der Waals surface area contributed by atoms with Crippen LogP contribution in [0.3, 0.4) is 0 Å². The van der Waals surface area contributed by atoms with Gasteiger partial charge in [-0.25, -0.2) is 9.78 Å². The summed E-state index contributed by atoms with van der Waals surface area (Å²) in [5.41, 5.74) is 8.05. The van der Waals surface area contributed by atoms with Crippen molar-refractivity contribution >= 4 is 22.7 Å². The molecule has 0 amide bonds. The molecule has 3 N–H and O–H groups in total. The zero-order valence-corrected chi connectivity index (χ0v) is 9.80. The minimum Gasteiger partial charge on any atom is -0.478 e. The van der Waals surface area contributed by atoms with Gasteiger partial charge >= 0.3 is 5.97 Å². The summed E-state index contributed by atoms with van der Waals surface area (Å²) in [6, 6.07) is 4.78. The molecule has 19 heavy (non-hydrogen) atoms. The van der Waals surface area contributed by atoms with E-state index in [-0.39, 0.29) is 11.1 Å². The summed E-state index contributed by atoms with van der Waals surface area (Å²) < 4.78 is 5.33. The van der Waals surface area contributed by atoms with Crippen LogP contribution in [0.2, 0.25) is 0 Å². The summed E-state index contributed by atoms with van der Waals surface area (Å²) in [5, 5.41) is 18.8. The number of aromatic carboxylic acids is 1. The Bertz CT molecular complexity index is 762. The summed E-state index contributed by atoms with van der Waals surface area (Å²) in [6.45, 7) is 0.760. The predicted octanol–water partition coefficient (Wildman–Crippen LogP) is 1.42. The molecule has 0 saturated carbocycles. The summed E-state index contributed by atoms with van der Waals surface area (Å²) in [4.78, 5) is 15.4. The van der Waals surface area contributed by atoms with Gasteiger partial charge in [-0.1, -0.05) is 0 Å². The highest BCUT2D eigenvalue weighted by molar-refractivity contribution is 5.98. The number of anilines is 1. The van der Waals surface area contributed by atoms with Gasteiger partial charge in [0.1, 0.15) is 11.9 Å². The average molecular weight is 255 g/mol. The maximum absolute atomic E-state index is 11.2. The van der Waals surface area contributed by atoms with Crippen LogP contribution < -0.4 is 5.73 Å². The third-order valence-electron chi connectivity index (χ3n) is 3.22. The monoisotopic (exact) mass is 255 g/mol. The minimum atomic E-state index is -1.14. The SMILES string of the molecule is N#Cc1cc2nc(N)c3c(c2cc1C(=O)O)COC3. The lowest BCUT2D eigenvalue weighted by atomic mass is 9.99. The number of nitriles is 1. The molecule has 1 aromatic heterocycles. The molecule has 0 fully saturated rings. The normalized spacial score (nSPS) is 13.2. The molecule has 2 aromatic rings. The van der Waals surface area contributed by atoms with Crippen molar-refractivity contribution in [3.8, 4) is 6.07 Å². The molecule has 2 heterocycles. The molecule has 0 saturated heterocycles. The van der Waals surface area contributed by atoms with Crippen LogP contribution in [0.25, 0.3) is 10.9 Å². The van der Waals surface area contributed by atoms with Crippen molar-refractivity contribution < 1.29 is 14.6 Å². The van der Waals surface area contributed by atoms with E-state index in [1.807, 2.05) is 6.07 Å². The lowest BCUT2D eigenvalue weighted by molar-refractivity contribution is 0.0696. The van der Waals surface area contributed by atoms with Crippen LogP contribution in [0.1, 0.15) is 27.0 Å². The molecule has 0 radical (unpaired) electrons. The molecule has 0 atom stereocenters. The standard InChI is InChI=1S/C13H9N3O3/c14-3-6-1-11-8(2-7(6)13(17)18)9-4-19-5-10(9)12(15)16-11/h1-2H,4-5H2,(H2,15,16)(H,17,18). The number of aromatic nitrogens is 1. The van der Waals surface area contributed by atoms with Crippen molar-refractivity contribution in [3.05, 3.63) is 34.4 Å². The molecule has 0 spiro atoms. The Morgan fingerprint density at radius 3 is 2.84 bits per heavy atom. The number of nitrogens with zero attached hydrogens (tertiary/aromatic N) is 2. The molecular formula is C13H9N3O3. The van der Waals surface area contributed by atoms with Crippen LogP contribution in [0.15, 0.2) is 12.1 Å². The van der Waals surface area contributed by atoms with E-state index in [0.717, 1.165) is 11.1 Å². The Morgan fingerprint density at radius 2 is 2.16 bits per heavy atom. The third kappa shape index (κ3) is 1.60. The molecular weight excluding hydrogens is 246 g/mol. The van der Waals surface area contributed by atoms with E-state index in [1.54, 1.807) is 0 Å². The van der Waals surface area contributed by atoms with Gasteiger partial charge in [0.15, 0.2) is 0 Å². The number of fused-ring (bicyclic) bond motifs is 3. The topological polar surface area (TPSA) is 109 Å². The van der Waals surface area contributed by atoms with E-state index >= 15 is 0 Å². The van der Waals surface area contributed by atoms with Gasteiger partial charge in [-0.2, -0.15) is 5.26 Å². The Kier molecular flexibility index (Phi) is 2.37. The Labute approximate surface area is 108 Å². The fraction of sp³-hybridized carbons (Fsp3) is 0.154. The molecule has 3 rings (SSSR count). The van der Waals surface area contributed by atoms with Gasteiger partial charge in [0.05, 0.1) is 29.9 Å². The van der Waals surface area contributed by atoms with E-state index in [1.165, 1.54) is 12.1 Å². The fourth-order valence-electron chi connectivity index (χ4n) is 2.29. The highest BCUT2D eigenvalue weighted by Gasteiger charge is 2.21. The first-order valence-electron chi connectivity index (χ1n) is 5.58. The predicted molar refractivity (Wildman–Crippen MR) is 66.3 cm³/mol. The van der Waals surface area contributed by atoms with Gasteiger partial charge < -0.3 is 15.6 Å². The maximum Gasteiger partial charge on any atom is 0.337 e. The fourth-order valence-corrected chi connectivity index (χ4v) is 2.29. The Balaban J connectivity index is 2.42. The van der Waals surface area contributed by atoms with Gasteiger partial charge in [-0.3, -0.25) is 0 Å². The highest BCUT2D eigenvalue weighted by atomic mass is 16.5. The smallest absolute Gasteiger partial charge is 0.337 e. The van der Waals surface area contributed by atoms with Gasteiger partial charge in [0.2, 0.25) is 0 Å². The molecule has 0 aliphatic carbocycles. The molecule has 1 aliphatic rings. The van der Waals surface area contributed by atoms with E-state index in [2.05, 4.69) is 4.98 Å².